The maximum absolute atomic E-state index is 10.8. The van der Waals surface area contributed by atoms with Gasteiger partial charge in [0.2, 0.25) is 0 Å². The summed E-state index contributed by atoms with van der Waals surface area (Å²) < 4.78 is 4.60. The quantitative estimate of drug-likeness (QED) is 0.580. The smallest absolute Gasteiger partial charge is 0.408 e. The van der Waals surface area contributed by atoms with Gasteiger partial charge in [-0.25, -0.2) is 4.79 Å². The van der Waals surface area contributed by atoms with Gasteiger partial charge in [0.05, 0.1) is 6.20 Å². The fourth-order valence-corrected chi connectivity index (χ4v) is 0.633. The summed E-state index contributed by atoms with van der Waals surface area (Å²) in [6, 6.07) is 0. The number of amides is 1. The number of alkyl carbamates (subject to hydrolysis) is 1. The van der Waals surface area contributed by atoms with Crippen molar-refractivity contribution in [3.63, 3.8) is 0 Å². The van der Waals surface area contributed by atoms with Gasteiger partial charge in [-0.2, -0.15) is 15.4 Å². The van der Waals surface area contributed by atoms with Gasteiger partial charge in [-0.15, -0.1) is 0 Å². The molecule has 0 unspecified atom stereocenters. The van der Waals surface area contributed by atoms with Gasteiger partial charge >= 0.3 is 12.1 Å². The second-order valence-corrected chi connectivity index (χ2v) is 2.28. The van der Waals surface area contributed by atoms with Crippen LogP contribution in [-0.4, -0.2) is 39.1 Å². The molecule has 14 heavy (non-hydrogen) atoms. The van der Waals surface area contributed by atoms with E-state index in [0.29, 0.717) is 5.69 Å². The molecular weight excluding hydrogens is 192 g/mol. The van der Waals surface area contributed by atoms with Crippen molar-refractivity contribution in [1.82, 2.24) is 20.7 Å². The number of aromatic nitrogens is 3. The van der Waals surface area contributed by atoms with E-state index in [0.717, 1.165) is 0 Å². The number of nitrogens with zero attached hydrogens (tertiary/aromatic N) is 2. The molecule has 8 heteroatoms. The summed E-state index contributed by atoms with van der Waals surface area (Å²) in [6.07, 6.45) is 0.584. The van der Waals surface area contributed by atoms with Crippen LogP contribution in [0.15, 0.2) is 6.20 Å². The minimum Gasteiger partial charge on any atom is -0.480 e. The van der Waals surface area contributed by atoms with Crippen LogP contribution >= 0.6 is 0 Å². The fraction of sp³-hybridized carbons (Fsp3) is 0.333. The molecular formula is C6H8N4O4. The molecule has 0 bridgehead atoms. The highest BCUT2D eigenvalue weighted by Gasteiger charge is 2.05. The summed E-state index contributed by atoms with van der Waals surface area (Å²) >= 11 is 0. The van der Waals surface area contributed by atoms with Crippen LogP contribution in [-0.2, 0) is 16.1 Å². The molecule has 0 saturated heterocycles. The summed E-state index contributed by atoms with van der Waals surface area (Å²) in [5.74, 6) is -1.14. The summed E-state index contributed by atoms with van der Waals surface area (Å²) in [4.78, 5) is 20.8. The normalized spacial score (nSPS) is 9.43. The molecule has 8 nitrogen and oxygen atoms in total. The monoisotopic (exact) mass is 200 g/mol. The molecule has 76 valence electrons. The Balaban J connectivity index is 2.18. The number of carbonyl (C=O) groups excluding carboxylic acids is 1. The second kappa shape index (κ2) is 4.80. The molecule has 1 aromatic rings. The van der Waals surface area contributed by atoms with Crippen molar-refractivity contribution >= 4 is 12.1 Å². The number of ether oxygens (including phenoxy) is 1. The van der Waals surface area contributed by atoms with Crippen molar-refractivity contribution in [2.24, 2.45) is 0 Å². The van der Waals surface area contributed by atoms with E-state index in [2.05, 4.69) is 20.1 Å². The molecule has 1 amide bonds. The third kappa shape index (κ3) is 3.52. The van der Waals surface area contributed by atoms with Gasteiger partial charge in [-0.05, 0) is 0 Å². The van der Waals surface area contributed by atoms with Gasteiger partial charge in [-0.3, -0.25) is 4.79 Å². The van der Waals surface area contributed by atoms with Crippen LogP contribution in [0.25, 0.3) is 0 Å². The molecule has 0 saturated carbocycles. The number of H-pyrrole nitrogens is 1. The average Bonchev–Trinajstić information content (AvgIpc) is 2.63. The van der Waals surface area contributed by atoms with E-state index in [1.807, 2.05) is 5.32 Å². The summed E-state index contributed by atoms with van der Waals surface area (Å²) in [6.45, 7) is -0.528. The molecule has 1 aromatic heterocycles. The highest BCUT2D eigenvalue weighted by molar-refractivity contribution is 5.76. The zero-order valence-corrected chi connectivity index (χ0v) is 7.06. The molecule has 0 aromatic carbocycles. The van der Waals surface area contributed by atoms with Crippen molar-refractivity contribution in [1.29, 1.82) is 0 Å². The van der Waals surface area contributed by atoms with Crippen molar-refractivity contribution in [2.75, 3.05) is 6.54 Å². The second-order valence-electron chi connectivity index (χ2n) is 2.28. The first kappa shape index (κ1) is 9.96. The largest absolute Gasteiger partial charge is 0.480 e. The Hall–Kier alpha value is -2.12. The lowest BCUT2D eigenvalue weighted by Crippen LogP contribution is -2.29. The molecule has 3 N–H and O–H groups in total. The molecule has 0 atom stereocenters. The van der Waals surface area contributed by atoms with Crippen LogP contribution in [0, 0.1) is 0 Å². The van der Waals surface area contributed by atoms with Gasteiger partial charge in [0.15, 0.2) is 0 Å². The first-order valence-electron chi connectivity index (χ1n) is 3.65. The Morgan fingerprint density at radius 1 is 1.64 bits per heavy atom. The number of nitrogens with one attached hydrogen (secondary N) is 2. The van der Waals surface area contributed by atoms with Crippen LogP contribution in [0.4, 0.5) is 4.79 Å². The molecule has 1 rings (SSSR count). The SMILES string of the molecule is O=C(O)CNC(=O)OCc1cn[nH]n1. The molecule has 1 heterocycles. The number of carbonyl (C=O) groups is 2. The third-order valence-corrected chi connectivity index (χ3v) is 1.20. The van der Waals surface area contributed by atoms with Crippen molar-refractivity contribution in [3.8, 4) is 0 Å². The Morgan fingerprint density at radius 2 is 2.43 bits per heavy atom. The summed E-state index contributed by atoms with van der Waals surface area (Å²) in [5, 5.41) is 19.7. The van der Waals surface area contributed by atoms with Crippen LogP contribution < -0.4 is 5.32 Å². The number of aliphatic carboxylic acids is 1. The lowest BCUT2D eigenvalue weighted by Gasteiger charge is -2.02. The van der Waals surface area contributed by atoms with Gasteiger partial charge in [0, 0.05) is 0 Å². The predicted molar refractivity (Wildman–Crippen MR) is 42.2 cm³/mol. The lowest BCUT2D eigenvalue weighted by molar-refractivity contribution is -0.135. The van der Waals surface area contributed by atoms with Crippen LogP contribution in [0.1, 0.15) is 5.69 Å². The topological polar surface area (TPSA) is 117 Å². The van der Waals surface area contributed by atoms with E-state index in [-0.39, 0.29) is 6.61 Å². The van der Waals surface area contributed by atoms with Gasteiger partial charge in [0.1, 0.15) is 18.8 Å². The highest BCUT2D eigenvalue weighted by Crippen LogP contribution is 1.92. The summed E-state index contributed by atoms with van der Waals surface area (Å²) in [7, 11) is 0. The number of carboxylic acids is 1. The lowest BCUT2D eigenvalue weighted by atomic mass is 10.5. The minimum atomic E-state index is -1.14. The zero-order chi connectivity index (χ0) is 10.4. The van der Waals surface area contributed by atoms with Gasteiger partial charge in [-0.1, -0.05) is 0 Å². The Bertz CT molecular complexity index is 310. The third-order valence-electron chi connectivity index (χ3n) is 1.20. The zero-order valence-electron chi connectivity index (χ0n) is 7.06. The molecule has 0 fully saturated rings. The van der Waals surface area contributed by atoms with E-state index in [1.54, 1.807) is 0 Å². The van der Waals surface area contributed by atoms with E-state index in [4.69, 9.17) is 5.11 Å². The number of hydrogen-bond donors (Lipinski definition) is 3. The Morgan fingerprint density at radius 3 is 3.00 bits per heavy atom. The maximum atomic E-state index is 10.8. The predicted octanol–water partition coefficient (Wildman–Crippen LogP) is -0.885. The van der Waals surface area contributed by atoms with Gasteiger partial charge in [0.25, 0.3) is 0 Å². The Labute approximate surface area is 78.3 Å². The van der Waals surface area contributed by atoms with E-state index in [1.165, 1.54) is 6.20 Å². The Kier molecular flexibility index (Phi) is 3.41. The van der Waals surface area contributed by atoms with E-state index >= 15 is 0 Å². The molecule has 0 radical (unpaired) electrons. The van der Waals surface area contributed by atoms with Crippen molar-refractivity contribution in [3.05, 3.63) is 11.9 Å². The fourth-order valence-electron chi connectivity index (χ4n) is 0.633. The van der Waals surface area contributed by atoms with Crippen LogP contribution in [0.2, 0.25) is 0 Å². The maximum Gasteiger partial charge on any atom is 0.408 e. The van der Waals surface area contributed by atoms with E-state index in [9.17, 15) is 9.59 Å². The minimum absolute atomic E-state index is 0.0536. The summed E-state index contributed by atoms with van der Waals surface area (Å²) in [5.41, 5.74) is 0.454. The number of rotatable bonds is 4. The number of hydrogen-bond acceptors (Lipinski definition) is 5. The number of carboxylic acid groups (broad SMARTS) is 1. The standard InChI is InChI=1S/C6H8N4O4/c11-5(12)2-7-6(13)14-3-4-1-8-10-9-4/h1H,2-3H2,(H,7,13)(H,11,12)(H,8,9,10). The van der Waals surface area contributed by atoms with E-state index < -0.39 is 18.6 Å². The van der Waals surface area contributed by atoms with Crippen LogP contribution in [0.5, 0.6) is 0 Å². The molecule has 0 spiro atoms. The van der Waals surface area contributed by atoms with Crippen molar-refractivity contribution in [2.45, 2.75) is 6.61 Å². The highest BCUT2D eigenvalue weighted by atomic mass is 16.5. The molecule has 0 aliphatic rings. The van der Waals surface area contributed by atoms with Crippen molar-refractivity contribution < 1.29 is 19.4 Å². The first-order valence-corrected chi connectivity index (χ1v) is 3.65. The average molecular weight is 200 g/mol. The van der Waals surface area contributed by atoms with Crippen LogP contribution in [0.3, 0.4) is 0 Å². The molecule has 0 aliphatic carbocycles. The first-order chi connectivity index (χ1) is 6.68. The van der Waals surface area contributed by atoms with Gasteiger partial charge < -0.3 is 15.2 Å². The number of aromatic amines is 1. The molecule has 0 aliphatic heterocycles.